The SMILES string of the molecule is Cc1cc(NC(=O)[C@@H]2CCCC[C@H]2C(=O)O)n(-c2nc3c(c(=O)[nH]2)CCC3)n1. The molecule has 2 aliphatic carbocycles. The van der Waals surface area contributed by atoms with E-state index in [-0.39, 0.29) is 17.4 Å². The van der Waals surface area contributed by atoms with Crippen LogP contribution in [-0.2, 0) is 22.4 Å². The zero-order valence-corrected chi connectivity index (χ0v) is 15.7. The molecule has 9 heteroatoms. The minimum absolute atomic E-state index is 0.179. The van der Waals surface area contributed by atoms with Crippen LogP contribution in [0.2, 0.25) is 0 Å². The lowest BCUT2D eigenvalue weighted by Gasteiger charge is -2.27. The molecular formula is C19H23N5O4. The second-order valence-electron chi connectivity index (χ2n) is 7.58. The molecular weight excluding hydrogens is 362 g/mol. The van der Waals surface area contributed by atoms with Gasteiger partial charge in [-0.2, -0.15) is 9.78 Å². The van der Waals surface area contributed by atoms with Gasteiger partial charge < -0.3 is 10.4 Å². The molecule has 2 aliphatic rings. The maximum absolute atomic E-state index is 12.8. The number of carbonyl (C=O) groups excluding carboxylic acids is 1. The number of aryl methyl sites for hydroxylation is 2. The molecule has 148 valence electrons. The second-order valence-corrected chi connectivity index (χ2v) is 7.58. The van der Waals surface area contributed by atoms with E-state index >= 15 is 0 Å². The van der Waals surface area contributed by atoms with E-state index in [2.05, 4.69) is 20.4 Å². The van der Waals surface area contributed by atoms with Crippen molar-refractivity contribution < 1.29 is 14.7 Å². The van der Waals surface area contributed by atoms with E-state index in [1.54, 1.807) is 13.0 Å². The molecule has 2 atom stereocenters. The Balaban J connectivity index is 1.64. The number of nitrogens with zero attached hydrogens (tertiary/aromatic N) is 3. The predicted octanol–water partition coefficient (Wildman–Crippen LogP) is 1.58. The molecule has 1 fully saturated rings. The van der Waals surface area contributed by atoms with E-state index in [0.717, 1.165) is 37.8 Å². The zero-order chi connectivity index (χ0) is 19.8. The van der Waals surface area contributed by atoms with Crippen molar-refractivity contribution in [3.8, 4) is 5.95 Å². The van der Waals surface area contributed by atoms with E-state index < -0.39 is 17.8 Å². The maximum Gasteiger partial charge on any atom is 0.307 e. The van der Waals surface area contributed by atoms with Crippen molar-refractivity contribution in [2.75, 3.05) is 5.32 Å². The summed E-state index contributed by atoms with van der Waals surface area (Å²) in [6.07, 6.45) is 5.07. The number of carboxylic acid groups (broad SMARTS) is 1. The number of amides is 1. The molecule has 0 bridgehead atoms. The monoisotopic (exact) mass is 385 g/mol. The van der Waals surface area contributed by atoms with Crippen LogP contribution < -0.4 is 10.9 Å². The van der Waals surface area contributed by atoms with Crippen LogP contribution in [0.3, 0.4) is 0 Å². The Morgan fingerprint density at radius 2 is 1.96 bits per heavy atom. The van der Waals surface area contributed by atoms with Gasteiger partial charge in [-0.05, 0) is 39.0 Å². The van der Waals surface area contributed by atoms with Crippen LogP contribution in [0.1, 0.15) is 49.1 Å². The van der Waals surface area contributed by atoms with E-state index in [1.165, 1.54) is 4.68 Å². The predicted molar refractivity (Wildman–Crippen MR) is 100 cm³/mol. The van der Waals surface area contributed by atoms with Crippen LogP contribution in [0.5, 0.6) is 0 Å². The number of aromatic nitrogens is 4. The first-order valence-electron chi connectivity index (χ1n) is 9.67. The molecule has 0 aromatic carbocycles. The molecule has 2 aromatic rings. The molecule has 0 unspecified atom stereocenters. The minimum Gasteiger partial charge on any atom is -0.481 e. The molecule has 2 heterocycles. The number of nitrogens with one attached hydrogen (secondary N) is 2. The molecule has 4 rings (SSSR count). The Morgan fingerprint density at radius 1 is 1.21 bits per heavy atom. The molecule has 9 nitrogen and oxygen atoms in total. The quantitative estimate of drug-likeness (QED) is 0.733. The highest BCUT2D eigenvalue weighted by Crippen LogP contribution is 2.31. The van der Waals surface area contributed by atoms with Crippen LogP contribution >= 0.6 is 0 Å². The summed E-state index contributed by atoms with van der Waals surface area (Å²) in [6, 6.07) is 1.68. The van der Waals surface area contributed by atoms with Gasteiger partial charge in [0.15, 0.2) is 0 Å². The lowest BCUT2D eigenvalue weighted by atomic mass is 9.79. The Bertz CT molecular complexity index is 993. The summed E-state index contributed by atoms with van der Waals surface area (Å²) in [5, 5.41) is 16.6. The molecule has 0 radical (unpaired) electrons. The fraction of sp³-hybridized carbons (Fsp3) is 0.526. The van der Waals surface area contributed by atoms with Crippen LogP contribution in [0.15, 0.2) is 10.9 Å². The molecule has 3 N–H and O–H groups in total. The van der Waals surface area contributed by atoms with Gasteiger partial charge in [0, 0.05) is 11.6 Å². The normalized spacial score (nSPS) is 21.3. The molecule has 0 aliphatic heterocycles. The topological polar surface area (TPSA) is 130 Å². The highest BCUT2D eigenvalue weighted by atomic mass is 16.4. The van der Waals surface area contributed by atoms with Gasteiger partial charge >= 0.3 is 5.97 Å². The van der Waals surface area contributed by atoms with Gasteiger partial charge in [0.1, 0.15) is 5.82 Å². The summed E-state index contributed by atoms with van der Waals surface area (Å²) in [6.45, 7) is 1.78. The van der Waals surface area contributed by atoms with Crippen molar-refractivity contribution in [1.82, 2.24) is 19.7 Å². The van der Waals surface area contributed by atoms with Crippen LogP contribution in [0, 0.1) is 18.8 Å². The number of hydrogen-bond acceptors (Lipinski definition) is 5. The van der Waals surface area contributed by atoms with Crippen molar-refractivity contribution in [3.63, 3.8) is 0 Å². The van der Waals surface area contributed by atoms with E-state index in [9.17, 15) is 19.5 Å². The lowest BCUT2D eigenvalue weighted by molar-refractivity contribution is -0.147. The summed E-state index contributed by atoms with van der Waals surface area (Å²) in [5.74, 6) is -1.90. The van der Waals surface area contributed by atoms with Crippen molar-refractivity contribution >= 4 is 17.7 Å². The van der Waals surface area contributed by atoms with Gasteiger partial charge in [-0.15, -0.1) is 0 Å². The van der Waals surface area contributed by atoms with E-state index in [0.29, 0.717) is 29.9 Å². The first-order chi connectivity index (χ1) is 13.4. The molecule has 0 saturated heterocycles. The number of carbonyl (C=O) groups is 2. The molecule has 1 saturated carbocycles. The van der Waals surface area contributed by atoms with Crippen molar-refractivity contribution in [1.29, 1.82) is 0 Å². The Labute approximate surface area is 161 Å². The fourth-order valence-corrected chi connectivity index (χ4v) is 4.24. The smallest absolute Gasteiger partial charge is 0.307 e. The van der Waals surface area contributed by atoms with Crippen LogP contribution in [0.4, 0.5) is 5.82 Å². The first kappa shape index (κ1) is 18.4. The summed E-state index contributed by atoms with van der Waals surface area (Å²) < 4.78 is 1.41. The number of aromatic amines is 1. The summed E-state index contributed by atoms with van der Waals surface area (Å²) in [5.41, 5.74) is 1.95. The maximum atomic E-state index is 12.8. The number of fused-ring (bicyclic) bond motifs is 1. The van der Waals surface area contributed by atoms with Crippen molar-refractivity contribution in [3.05, 3.63) is 33.4 Å². The van der Waals surface area contributed by atoms with Crippen LogP contribution in [-0.4, -0.2) is 36.7 Å². The highest BCUT2D eigenvalue weighted by Gasteiger charge is 2.36. The number of aliphatic carboxylic acids is 1. The lowest BCUT2D eigenvalue weighted by Crippen LogP contribution is -2.36. The Kier molecular flexibility index (Phi) is 4.74. The molecule has 28 heavy (non-hydrogen) atoms. The third kappa shape index (κ3) is 3.32. The number of carboxylic acids is 1. The summed E-state index contributed by atoms with van der Waals surface area (Å²) in [4.78, 5) is 43.9. The average molecular weight is 385 g/mol. The largest absolute Gasteiger partial charge is 0.481 e. The highest BCUT2D eigenvalue weighted by molar-refractivity contribution is 5.94. The van der Waals surface area contributed by atoms with E-state index in [1.807, 2.05) is 0 Å². The van der Waals surface area contributed by atoms with Gasteiger partial charge in [0.2, 0.25) is 11.9 Å². The summed E-state index contributed by atoms with van der Waals surface area (Å²) in [7, 11) is 0. The van der Waals surface area contributed by atoms with Crippen LogP contribution in [0.25, 0.3) is 5.95 Å². The Hall–Kier alpha value is -2.97. The molecule has 2 aromatic heterocycles. The molecule has 1 amide bonds. The number of H-pyrrole nitrogens is 1. The average Bonchev–Trinajstić information content (AvgIpc) is 3.28. The van der Waals surface area contributed by atoms with E-state index in [4.69, 9.17) is 0 Å². The number of anilines is 1. The van der Waals surface area contributed by atoms with Crippen molar-refractivity contribution in [2.24, 2.45) is 11.8 Å². The number of rotatable bonds is 4. The van der Waals surface area contributed by atoms with Gasteiger partial charge in [0.25, 0.3) is 5.56 Å². The third-order valence-electron chi connectivity index (χ3n) is 5.63. The summed E-state index contributed by atoms with van der Waals surface area (Å²) >= 11 is 0. The molecule has 0 spiro atoms. The zero-order valence-electron chi connectivity index (χ0n) is 15.7. The standard InChI is InChI=1S/C19H23N5O4/c1-10-9-15(21-16(25)11-5-2-3-6-12(11)18(27)28)24(23-10)19-20-14-8-4-7-13(14)17(26)22-19/h9,11-12H,2-8H2,1H3,(H,21,25)(H,27,28)(H,20,22,26)/t11-,12-/m1/s1. The van der Waals surface area contributed by atoms with Gasteiger partial charge in [0.05, 0.1) is 23.2 Å². The minimum atomic E-state index is -0.936. The van der Waals surface area contributed by atoms with Gasteiger partial charge in [-0.1, -0.05) is 12.8 Å². The first-order valence-corrected chi connectivity index (χ1v) is 9.67. The number of hydrogen-bond donors (Lipinski definition) is 3. The fourth-order valence-electron chi connectivity index (χ4n) is 4.24. The third-order valence-corrected chi connectivity index (χ3v) is 5.63. The second kappa shape index (κ2) is 7.21. The Morgan fingerprint density at radius 3 is 2.71 bits per heavy atom. The van der Waals surface area contributed by atoms with Crippen molar-refractivity contribution in [2.45, 2.75) is 51.9 Å². The van der Waals surface area contributed by atoms with Gasteiger partial charge in [-0.25, -0.2) is 4.98 Å². The van der Waals surface area contributed by atoms with Gasteiger partial charge in [-0.3, -0.25) is 19.4 Å².